The number of hydrogen-bond acceptors (Lipinski definition) is 1. The summed E-state index contributed by atoms with van der Waals surface area (Å²) < 4.78 is 15.1. The molecule has 72 valence electrons. The van der Waals surface area contributed by atoms with Gasteiger partial charge in [-0.1, -0.05) is 0 Å². The highest BCUT2D eigenvalue weighted by Crippen LogP contribution is 2.25. The lowest BCUT2D eigenvalue weighted by Crippen LogP contribution is -2.20. The SMILES string of the molecule is NC1Cc2cc3ccc(F)cc3n2C1. The van der Waals surface area contributed by atoms with Crippen molar-refractivity contribution in [2.45, 2.75) is 19.0 Å². The van der Waals surface area contributed by atoms with Crippen LogP contribution in [0.15, 0.2) is 24.3 Å². The Bertz CT molecular complexity index is 501. The molecule has 3 heteroatoms. The number of halogens is 1. The van der Waals surface area contributed by atoms with E-state index < -0.39 is 0 Å². The first-order valence-corrected chi connectivity index (χ1v) is 4.77. The molecule has 14 heavy (non-hydrogen) atoms. The molecular formula is C11H11FN2. The van der Waals surface area contributed by atoms with Gasteiger partial charge in [-0.05, 0) is 24.3 Å². The van der Waals surface area contributed by atoms with Gasteiger partial charge in [0.25, 0.3) is 0 Å². The van der Waals surface area contributed by atoms with Crippen LogP contribution in [0.3, 0.4) is 0 Å². The summed E-state index contributed by atoms with van der Waals surface area (Å²) in [6.45, 7) is 0.808. The summed E-state index contributed by atoms with van der Waals surface area (Å²) >= 11 is 0. The van der Waals surface area contributed by atoms with Crippen molar-refractivity contribution in [2.75, 3.05) is 0 Å². The predicted octanol–water partition coefficient (Wildman–Crippen LogP) is 1.66. The van der Waals surface area contributed by atoms with Crippen LogP contribution in [0, 0.1) is 5.82 Å². The maximum atomic E-state index is 13.0. The van der Waals surface area contributed by atoms with E-state index in [9.17, 15) is 4.39 Å². The molecule has 2 nitrogen and oxygen atoms in total. The van der Waals surface area contributed by atoms with Crippen LogP contribution < -0.4 is 5.73 Å². The molecule has 1 unspecified atom stereocenters. The van der Waals surface area contributed by atoms with Crippen molar-refractivity contribution in [1.29, 1.82) is 0 Å². The predicted molar refractivity (Wildman–Crippen MR) is 53.6 cm³/mol. The molecule has 2 N–H and O–H groups in total. The van der Waals surface area contributed by atoms with Gasteiger partial charge in [-0.2, -0.15) is 0 Å². The molecule has 0 spiro atoms. The smallest absolute Gasteiger partial charge is 0.125 e. The van der Waals surface area contributed by atoms with E-state index in [2.05, 4.69) is 10.6 Å². The summed E-state index contributed by atoms with van der Waals surface area (Å²) in [4.78, 5) is 0. The number of nitrogens with zero attached hydrogens (tertiary/aromatic N) is 1. The summed E-state index contributed by atoms with van der Waals surface area (Å²) in [7, 11) is 0. The number of hydrogen-bond donors (Lipinski definition) is 1. The second-order valence-electron chi connectivity index (χ2n) is 3.91. The number of fused-ring (bicyclic) bond motifs is 3. The molecule has 0 bridgehead atoms. The van der Waals surface area contributed by atoms with Gasteiger partial charge in [0.2, 0.25) is 0 Å². The zero-order valence-electron chi connectivity index (χ0n) is 7.70. The van der Waals surface area contributed by atoms with Gasteiger partial charge < -0.3 is 10.3 Å². The average molecular weight is 190 g/mol. The third kappa shape index (κ3) is 0.990. The van der Waals surface area contributed by atoms with Gasteiger partial charge >= 0.3 is 0 Å². The molecule has 0 aliphatic carbocycles. The molecule has 3 rings (SSSR count). The Balaban J connectivity index is 2.30. The van der Waals surface area contributed by atoms with Gasteiger partial charge in [0.1, 0.15) is 5.82 Å². The van der Waals surface area contributed by atoms with E-state index >= 15 is 0 Å². The van der Waals surface area contributed by atoms with Crippen LogP contribution in [0.1, 0.15) is 5.69 Å². The first kappa shape index (κ1) is 8.00. The van der Waals surface area contributed by atoms with Crippen LogP contribution in [-0.2, 0) is 13.0 Å². The third-order valence-corrected chi connectivity index (χ3v) is 2.84. The normalized spacial score (nSPS) is 20.3. The third-order valence-electron chi connectivity index (χ3n) is 2.84. The molecule has 1 aromatic heterocycles. The first-order chi connectivity index (χ1) is 6.74. The highest BCUT2D eigenvalue weighted by atomic mass is 19.1. The largest absolute Gasteiger partial charge is 0.343 e. The number of nitrogens with two attached hydrogens (primary N) is 1. The molecular weight excluding hydrogens is 179 g/mol. The maximum absolute atomic E-state index is 13.0. The lowest BCUT2D eigenvalue weighted by molar-refractivity contribution is 0.625. The summed E-state index contributed by atoms with van der Waals surface area (Å²) in [5, 5.41) is 1.10. The van der Waals surface area contributed by atoms with E-state index in [1.807, 2.05) is 6.07 Å². The molecule has 0 saturated carbocycles. The van der Waals surface area contributed by atoms with Crippen molar-refractivity contribution in [3.05, 3.63) is 35.8 Å². The van der Waals surface area contributed by atoms with Gasteiger partial charge in [0.15, 0.2) is 0 Å². The fraction of sp³-hybridized carbons (Fsp3) is 0.273. The molecule has 2 heterocycles. The van der Waals surface area contributed by atoms with E-state index in [1.54, 1.807) is 6.07 Å². The Hall–Kier alpha value is -1.35. The first-order valence-electron chi connectivity index (χ1n) is 4.77. The van der Waals surface area contributed by atoms with Gasteiger partial charge in [-0.25, -0.2) is 4.39 Å². The highest BCUT2D eigenvalue weighted by Gasteiger charge is 2.20. The summed E-state index contributed by atoms with van der Waals surface area (Å²) in [5.41, 5.74) is 8.03. The molecule has 2 aromatic rings. The van der Waals surface area contributed by atoms with Gasteiger partial charge in [-0.15, -0.1) is 0 Å². The fourth-order valence-electron chi connectivity index (χ4n) is 2.24. The van der Waals surface area contributed by atoms with Crippen LogP contribution in [0.5, 0.6) is 0 Å². The van der Waals surface area contributed by atoms with Crippen molar-refractivity contribution >= 4 is 10.9 Å². The van der Waals surface area contributed by atoms with Crippen molar-refractivity contribution in [3.63, 3.8) is 0 Å². The van der Waals surface area contributed by atoms with Crippen LogP contribution >= 0.6 is 0 Å². The molecule has 1 aromatic carbocycles. The molecule has 1 aliphatic heterocycles. The van der Waals surface area contributed by atoms with Crippen molar-refractivity contribution in [1.82, 2.24) is 4.57 Å². The Morgan fingerprint density at radius 1 is 1.36 bits per heavy atom. The lowest BCUT2D eigenvalue weighted by Gasteiger charge is -2.02. The zero-order chi connectivity index (χ0) is 9.71. The van der Waals surface area contributed by atoms with Gasteiger partial charge in [-0.3, -0.25) is 0 Å². The van der Waals surface area contributed by atoms with Crippen molar-refractivity contribution < 1.29 is 4.39 Å². The number of aromatic nitrogens is 1. The number of benzene rings is 1. The standard InChI is InChI=1S/C11H11FN2/c12-8-2-1-7-3-10-5-9(13)6-14(10)11(7)4-8/h1-4,9H,5-6,13H2. The van der Waals surface area contributed by atoms with Gasteiger partial charge in [0, 0.05) is 30.1 Å². The molecule has 0 amide bonds. The minimum Gasteiger partial charge on any atom is -0.343 e. The van der Waals surface area contributed by atoms with E-state index in [4.69, 9.17) is 5.73 Å². The Labute approximate surface area is 81.1 Å². The minimum absolute atomic E-state index is 0.182. The second kappa shape index (κ2) is 2.58. The van der Waals surface area contributed by atoms with Crippen molar-refractivity contribution in [2.24, 2.45) is 5.73 Å². The summed E-state index contributed by atoms with van der Waals surface area (Å²) in [5.74, 6) is -0.182. The number of rotatable bonds is 0. The summed E-state index contributed by atoms with van der Waals surface area (Å²) in [6.07, 6.45) is 0.899. The second-order valence-corrected chi connectivity index (χ2v) is 3.91. The van der Waals surface area contributed by atoms with E-state index in [0.29, 0.717) is 0 Å². The molecule has 0 radical (unpaired) electrons. The quantitative estimate of drug-likeness (QED) is 0.673. The van der Waals surface area contributed by atoms with Crippen LogP contribution in [0.4, 0.5) is 4.39 Å². The van der Waals surface area contributed by atoms with E-state index in [-0.39, 0.29) is 11.9 Å². The van der Waals surface area contributed by atoms with E-state index in [0.717, 1.165) is 23.9 Å². The Kier molecular flexibility index (Phi) is 1.47. The van der Waals surface area contributed by atoms with Crippen molar-refractivity contribution in [3.8, 4) is 0 Å². The van der Waals surface area contributed by atoms with Crippen LogP contribution in [-0.4, -0.2) is 10.6 Å². The minimum atomic E-state index is -0.182. The molecule has 1 aliphatic rings. The Morgan fingerprint density at radius 2 is 2.21 bits per heavy atom. The highest BCUT2D eigenvalue weighted by molar-refractivity contribution is 5.81. The average Bonchev–Trinajstić information content (AvgIpc) is 2.62. The monoisotopic (exact) mass is 190 g/mol. The van der Waals surface area contributed by atoms with Crippen LogP contribution in [0.2, 0.25) is 0 Å². The molecule has 1 atom stereocenters. The maximum Gasteiger partial charge on any atom is 0.125 e. The lowest BCUT2D eigenvalue weighted by atomic mass is 10.2. The van der Waals surface area contributed by atoms with E-state index in [1.165, 1.54) is 11.8 Å². The van der Waals surface area contributed by atoms with Gasteiger partial charge in [0.05, 0.1) is 5.52 Å². The zero-order valence-corrected chi connectivity index (χ0v) is 7.70. The molecule has 0 saturated heterocycles. The summed E-state index contributed by atoms with van der Waals surface area (Å²) in [6, 6.07) is 7.19. The Morgan fingerprint density at radius 3 is 3.07 bits per heavy atom. The molecule has 0 fully saturated rings. The fourth-order valence-corrected chi connectivity index (χ4v) is 2.24. The topological polar surface area (TPSA) is 30.9 Å². The van der Waals surface area contributed by atoms with Crippen LogP contribution in [0.25, 0.3) is 10.9 Å².